The van der Waals surface area contributed by atoms with Crippen molar-refractivity contribution in [2.45, 2.75) is 25.6 Å². The highest BCUT2D eigenvalue weighted by Gasteiger charge is 2.41. The first kappa shape index (κ1) is 14.9. The fourth-order valence-corrected chi connectivity index (χ4v) is 3.66. The lowest BCUT2D eigenvalue weighted by atomic mass is 10.0. The van der Waals surface area contributed by atoms with Gasteiger partial charge in [-0.15, -0.1) is 11.3 Å². The maximum Gasteiger partial charge on any atom is 0.289 e. The average molecular weight is 334 g/mol. The van der Waals surface area contributed by atoms with E-state index in [2.05, 4.69) is 4.98 Å². The molecule has 23 heavy (non-hydrogen) atoms. The number of carbonyl (C=O) groups excluding carboxylic acids is 1. The molecule has 0 bridgehead atoms. The van der Waals surface area contributed by atoms with Gasteiger partial charge >= 0.3 is 0 Å². The molecule has 0 N–H and O–H groups in total. The average Bonchev–Trinajstić information content (AvgIpc) is 3.28. The molecule has 0 aromatic carbocycles. The van der Waals surface area contributed by atoms with Crippen LogP contribution in [0, 0.1) is 6.92 Å². The topological polar surface area (TPSA) is 64.8 Å². The van der Waals surface area contributed by atoms with Gasteiger partial charge in [0.1, 0.15) is 5.69 Å². The van der Waals surface area contributed by atoms with Gasteiger partial charge in [0.05, 0.1) is 18.2 Å². The highest BCUT2D eigenvalue weighted by molar-refractivity contribution is 7.09. The normalized spacial score (nSPS) is 20.3. The third-order valence-electron chi connectivity index (χ3n) is 4.31. The molecular weight excluding hydrogens is 316 g/mol. The van der Waals surface area contributed by atoms with E-state index in [1.54, 1.807) is 28.4 Å². The summed E-state index contributed by atoms with van der Waals surface area (Å²) in [6.07, 6.45) is 1.41. The Morgan fingerprint density at radius 3 is 2.65 bits per heavy atom. The Kier molecular flexibility index (Phi) is 3.71. The molecule has 2 fully saturated rings. The number of ether oxygens (including phenoxy) is 2. The van der Waals surface area contributed by atoms with Crippen molar-refractivity contribution in [3.8, 4) is 11.5 Å². The smallest absolute Gasteiger partial charge is 0.289 e. The molecule has 1 amide bonds. The van der Waals surface area contributed by atoms with Gasteiger partial charge in [0.2, 0.25) is 0 Å². The lowest BCUT2D eigenvalue weighted by Crippen LogP contribution is -2.47. The quantitative estimate of drug-likeness (QED) is 0.845. The van der Waals surface area contributed by atoms with Crippen molar-refractivity contribution >= 4 is 17.2 Å². The van der Waals surface area contributed by atoms with E-state index in [1.165, 1.54) is 0 Å². The SMILES string of the molecule is Cc1nc(-c2ccc(C(=O)N3CCC4(CC3)OCCO4)o2)cs1. The van der Waals surface area contributed by atoms with E-state index in [-0.39, 0.29) is 5.91 Å². The van der Waals surface area contributed by atoms with Crippen LogP contribution in [0.4, 0.5) is 0 Å². The maximum absolute atomic E-state index is 12.6. The van der Waals surface area contributed by atoms with Gasteiger partial charge in [-0.1, -0.05) is 0 Å². The summed E-state index contributed by atoms with van der Waals surface area (Å²) in [4.78, 5) is 18.8. The summed E-state index contributed by atoms with van der Waals surface area (Å²) in [6, 6.07) is 3.52. The van der Waals surface area contributed by atoms with Gasteiger partial charge in [-0.25, -0.2) is 4.98 Å². The van der Waals surface area contributed by atoms with Crippen LogP contribution in [-0.2, 0) is 9.47 Å². The summed E-state index contributed by atoms with van der Waals surface area (Å²) in [6.45, 7) is 4.46. The van der Waals surface area contributed by atoms with Crippen molar-refractivity contribution in [1.82, 2.24) is 9.88 Å². The van der Waals surface area contributed by atoms with Gasteiger partial charge in [0, 0.05) is 31.3 Å². The number of amides is 1. The molecule has 2 aromatic rings. The Hall–Kier alpha value is -1.70. The highest BCUT2D eigenvalue weighted by atomic mass is 32.1. The zero-order valence-corrected chi connectivity index (χ0v) is 13.7. The van der Waals surface area contributed by atoms with Gasteiger partial charge in [0.25, 0.3) is 5.91 Å². The Bertz CT molecular complexity index is 707. The molecule has 0 saturated carbocycles. The van der Waals surface area contributed by atoms with Gasteiger partial charge in [-0.05, 0) is 19.1 Å². The van der Waals surface area contributed by atoms with E-state index in [1.807, 2.05) is 12.3 Å². The summed E-state index contributed by atoms with van der Waals surface area (Å²) in [7, 11) is 0. The molecule has 4 rings (SSSR count). The van der Waals surface area contributed by atoms with Crippen LogP contribution in [0.2, 0.25) is 0 Å². The van der Waals surface area contributed by atoms with E-state index < -0.39 is 5.79 Å². The van der Waals surface area contributed by atoms with Gasteiger partial charge in [0.15, 0.2) is 17.3 Å². The number of nitrogens with zero attached hydrogens (tertiary/aromatic N) is 2. The van der Waals surface area contributed by atoms with E-state index in [0.29, 0.717) is 50.7 Å². The number of hydrogen-bond donors (Lipinski definition) is 0. The summed E-state index contributed by atoms with van der Waals surface area (Å²) in [5, 5.41) is 2.91. The molecule has 0 radical (unpaired) electrons. The Morgan fingerprint density at radius 1 is 1.26 bits per heavy atom. The van der Waals surface area contributed by atoms with Crippen molar-refractivity contribution < 1.29 is 18.7 Å². The summed E-state index contributed by atoms with van der Waals surface area (Å²) < 4.78 is 17.1. The predicted octanol–water partition coefficient (Wildman–Crippen LogP) is 2.69. The van der Waals surface area contributed by atoms with Crippen molar-refractivity contribution in [1.29, 1.82) is 0 Å². The third-order valence-corrected chi connectivity index (χ3v) is 5.09. The molecule has 122 valence electrons. The van der Waals surface area contributed by atoms with Crippen LogP contribution in [0.3, 0.4) is 0 Å². The van der Waals surface area contributed by atoms with Crippen LogP contribution < -0.4 is 0 Å². The number of thiazole rings is 1. The zero-order valence-electron chi connectivity index (χ0n) is 12.9. The fourth-order valence-electron chi connectivity index (χ4n) is 3.06. The molecule has 7 heteroatoms. The summed E-state index contributed by atoms with van der Waals surface area (Å²) in [5.41, 5.74) is 0.775. The number of furan rings is 1. The fraction of sp³-hybridized carbons (Fsp3) is 0.500. The molecule has 0 unspecified atom stereocenters. The third kappa shape index (κ3) is 2.80. The first-order chi connectivity index (χ1) is 11.2. The van der Waals surface area contributed by atoms with Crippen molar-refractivity contribution in [3.63, 3.8) is 0 Å². The van der Waals surface area contributed by atoms with Gasteiger partial charge in [-0.2, -0.15) is 0 Å². The predicted molar refractivity (Wildman–Crippen MR) is 84.3 cm³/mol. The summed E-state index contributed by atoms with van der Waals surface area (Å²) in [5.74, 6) is 0.433. The van der Waals surface area contributed by atoms with E-state index in [9.17, 15) is 4.79 Å². The molecular formula is C16H18N2O4S. The molecule has 6 nitrogen and oxygen atoms in total. The van der Waals surface area contributed by atoms with Crippen LogP contribution >= 0.6 is 11.3 Å². The number of carbonyl (C=O) groups is 1. The lowest BCUT2D eigenvalue weighted by molar-refractivity contribution is -0.181. The Labute approximate surface area is 138 Å². The maximum atomic E-state index is 12.6. The standard InChI is InChI=1S/C16H18N2O4S/c1-11-17-12(10-23-11)13-2-3-14(22-13)15(19)18-6-4-16(5-7-18)20-8-9-21-16/h2-3,10H,4-9H2,1H3. The van der Waals surface area contributed by atoms with Crippen LogP contribution in [-0.4, -0.2) is 47.9 Å². The van der Waals surface area contributed by atoms with Crippen molar-refractivity contribution in [2.24, 2.45) is 0 Å². The second-order valence-electron chi connectivity index (χ2n) is 5.82. The van der Waals surface area contributed by atoms with Crippen molar-refractivity contribution in [3.05, 3.63) is 28.3 Å². The first-order valence-corrected chi connectivity index (χ1v) is 8.63. The Balaban J connectivity index is 1.44. The van der Waals surface area contributed by atoms with E-state index in [4.69, 9.17) is 13.9 Å². The van der Waals surface area contributed by atoms with Crippen molar-refractivity contribution in [2.75, 3.05) is 26.3 Å². The molecule has 0 atom stereocenters. The number of piperidine rings is 1. The minimum Gasteiger partial charge on any atom is -0.449 e. The van der Waals surface area contributed by atoms with Gasteiger partial charge < -0.3 is 18.8 Å². The minimum atomic E-state index is -0.469. The van der Waals surface area contributed by atoms with Crippen LogP contribution in [0.15, 0.2) is 21.9 Å². The monoisotopic (exact) mass is 334 g/mol. The molecule has 4 heterocycles. The number of hydrogen-bond acceptors (Lipinski definition) is 6. The second-order valence-corrected chi connectivity index (χ2v) is 6.88. The molecule has 2 aliphatic rings. The van der Waals surface area contributed by atoms with Crippen LogP contribution in [0.25, 0.3) is 11.5 Å². The number of rotatable bonds is 2. The molecule has 2 aliphatic heterocycles. The van der Waals surface area contributed by atoms with Crippen LogP contribution in [0.5, 0.6) is 0 Å². The highest BCUT2D eigenvalue weighted by Crippen LogP contribution is 2.32. The number of aromatic nitrogens is 1. The number of likely N-dealkylation sites (tertiary alicyclic amines) is 1. The molecule has 2 saturated heterocycles. The number of aryl methyl sites for hydroxylation is 1. The lowest BCUT2D eigenvalue weighted by Gasteiger charge is -2.37. The van der Waals surface area contributed by atoms with E-state index in [0.717, 1.165) is 10.7 Å². The van der Waals surface area contributed by atoms with Crippen LogP contribution in [0.1, 0.15) is 28.4 Å². The summed E-state index contributed by atoms with van der Waals surface area (Å²) >= 11 is 1.56. The minimum absolute atomic E-state index is 0.0870. The second kappa shape index (κ2) is 5.74. The molecule has 2 aromatic heterocycles. The Morgan fingerprint density at radius 2 is 2.00 bits per heavy atom. The van der Waals surface area contributed by atoms with E-state index >= 15 is 0 Å². The largest absolute Gasteiger partial charge is 0.449 e. The van der Waals surface area contributed by atoms with Gasteiger partial charge in [-0.3, -0.25) is 4.79 Å². The first-order valence-electron chi connectivity index (χ1n) is 7.75. The molecule has 1 spiro atoms. The zero-order chi connectivity index (χ0) is 15.9. The molecule has 0 aliphatic carbocycles.